The fourth-order valence-corrected chi connectivity index (χ4v) is 32.3. The van der Waals surface area contributed by atoms with Crippen molar-refractivity contribution >= 4 is 52.2 Å². The first-order valence-corrected chi connectivity index (χ1v) is 35.5. The van der Waals surface area contributed by atoms with Gasteiger partial charge in [-0.05, 0) is 159 Å². The van der Waals surface area contributed by atoms with Gasteiger partial charge in [0.1, 0.15) is 0 Å². The van der Waals surface area contributed by atoms with Gasteiger partial charge < -0.3 is 46.2 Å². The van der Waals surface area contributed by atoms with E-state index >= 15 is 0 Å². The highest BCUT2D eigenvalue weighted by molar-refractivity contribution is 7.40. The molecule has 0 aromatic heterocycles. The summed E-state index contributed by atoms with van der Waals surface area (Å²) in [6.45, 7) is 67.2. The van der Waals surface area contributed by atoms with E-state index in [9.17, 15) is 0 Å². The Hall–Kier alpha value is -4.76. The molecule has 14 heteroatoms. The van der Waals surface area contributed by atoms with Gasteiger partial charge >= 0.3 is 28.9 Å². The molecule has 0 aliphatic carbocycles. The maximum atomic E-state index is 6.26. The smallest absolute Gasteiger partial charge is 0.438 e. The van der Waals surface area contributed by atoms with Crippen molar-refractivity contribution in [1.29, 1.82) is 0 Å². The van der Waals surface area contributed by atoms with Gasteiger partial charge in [0.2, 0.25) is 23.3 Å². The van der Waals surface area contributed by atoms with E-state index in [2.05, 4.69) is 351 Å². The molecular formula is C68H112B2N10Si2. The highest BCUT2D eigenvalue weighted by Crippen LogP contribution is 2.60. The Balaban J connectivity index is 0.000000236. The minimum Gasteiger partial charge on any atom is -0.604 e. The molecule has 4 aliphatic rings. The first kappa shape index (κ1) is 64.8. The van der Waals surface area contributed by atoms with Crippen LogP contribution in [0.15, 0.2) is 121 Å². The molecule has 0 saturated carbocycles. The van der Waals surface area contributed by atoms with Crippen LogP contribution in [-0.4, -0.2) is 148 Å². The van der Waals surface area contributed by atoms with Crippen LogP contribution >= 0.6 is 0 Å². The van der Waals surface area contributed by atoms with Gasteiger partial charge in [-0.2, -0.15) is 0 Å². The van der Waals surface area contributed by atoms with Crippen molar-refractivity contribution in [2.45, 2.75) is 264 Å². The van der Waals surface area contributed by atoms with E-state index in [1.54, 1.807) is 0 Å². The van der Waals surface area contributed by atoms with E-state index in [1.807, 2.05) is 0 Å². The number of benzene rings is 4. The second-order valence-corrected chi connectivity index (χ2v) is 37.6. The van der Waals surface area contributed by atoms with Crippen LogP contribution in [0.2, 0.25) is 10.6 Å². The van der Waals surface area contributed by atoms with Crippen molar-refractivity contribution in [3.63, 3.8) is 0 Å². The summed E-state index contributed by atoms with van der Waals surface area (Å²) < 4.78 is 22.9. The molecule has 0 bridgehead atoms. The summed E-state index contributed by atoms with van der Waals surface area (Å²) in [4.78, 5) is 12.5. The van der Waals surface area contributed by atoms with Crippen LogP contribution < -0.4 is 0 Å². The van der Waals surface area contributed by atoms with Gasteiger partial charge in [-0.3, -0.25) is 0 Å². The highest BCUT2D eigenvalue weighted by atomic mass is 28.4. The standard InChI is InChI=1S/2C34H56BN5Si/c2*1-25(2)37-31(29-21-17-15-18-22-29)39(27(5)6)41(36-34(12,13)14)35(37,33(9,10)11)38(26(3)4)32(40(41)28(7)8)30-23-19-16-20-24-30/h2*15-28H,1-14H3. The van der Waals surface area contributed by atoms with E-state index in [0.29, 0.717) is 0 Å². The number of hydrogen-bond donors (Lipinski definition) is 0. The molecular weight excluding hydrogens is 1030 g/mol. The fourth-order valence-electron chi connectivity index (χ4n) is 16.8. The van der Waals surface area contributed by atoms with E-state index in [4.69, 9.17) is 9.96 Å². The topological polar surface area (TPSA) is 53.2 Å². The van der Waals surface area contributed by atoms with E-state index < -0.39 is 28.9 Å². The van der Waals surface area contributed by atoms with E-state index in [-0.39, 0.29) is 70.0 Å². The zero-order valence-electron chi connectivity index (χ0n) is 56.8. The fraction of sp³-hybridized carbons (Fsp3) is 0.588. The van der Waals surface area contributed by atoms with Crippen molar-refractivity contribution < 1.29 is 17.9 Å². The Bertz CT molecular complexity index is 2640. The summed E-state index contributed by atoms with van der Waals surface area (Å²) in [6.07, 6.45) is 0. The van der Waals surface area contributed by atoms with Crippen LogP contribution in [0.5, 0.6) is 0 Å². The van der Waals surface area contributed by atoms with Crippen molar-refractivity contribution in [2.24, 2.45) is 0 Å². The lowest BCUT2D eigenvalue weighted by atomic mass is 9.48. The van der Waals surface area contributed by atoms with Crippen LogP contribution in [0.4, 0.5) is 0 Å². The quantitative estimate of drug-likeness (QED) is 0.118. The Labute approximate surface area is 503 Å². The molecule has 0 N–H and O–H groups in total. The summed E-state index contributed by atoms with van der Waals surface area (Å²) in [5.41, 5.74) is 4.71. The lowest BCUT2D eigenvalue weighted by Gasteiger charge is -2.60. The molecule has 0 saturated heterocycles. The number of fused-ring (bicyclic) bond motifs is 2. The monoisotopic (exact) mass is 1150 g/mol. The first-order valence-electron chi connectivity index (χ1n) is 31.7. The molecule has 448 valence electrons. The van der Waals surface area contributed by atoms with Gasteiger partial charge in [0.15, 0.2) is 0 Å². The van der Waals surface area contributed by atoms with Gasteiger partial charge in [-0.1, -0.05) is 167 Å². The SMILES string of the molecule is CC(C)N1C(c2ccccc2)=[N+](C(C)C)[B-]2(C(C)(C)C)[N+](C(C)C)=C(c3ccccc3)N(C(C)C)[Si]12[N-]C(C)(C)C.CC(C)N1C(c2ccccc2)=[N+](C(C)C)[B-]2(C(C)(C)C)[N+](C(C)C)=C(c3ccccc3)N(C(C)C)[Si]12[N-]C(C)(C)C. The van der Waals surface area contributed by atoms with Gasteiger partial charge in [-0.15, -0.1) is 11.1 Å². The average Bonchev–Trinajstić information content (AvgIpc) is 1.77. The Morgan fingerprint density at radius 3 is 0.598 bits per heavy atom. The van der Waals surface area contributed by atoms with Gasteiger partial charge in [0.05, 0.1) is 46.4 Å². The third-order valence-corrected chi connectivity index (χ3v) is 30.6. The summed E-state index contributed by atoms with van der Waals surface area (Å²) in [5, 5.41) is -0.189. The molecule has 4 aliphatic heterocycles. The molecule has 4 aromatic carbocycles. The molecule has 0 fully saturated rings. The zero-order valence-corrected chi connectivity index (χ0v) is 58.8. The Morgan fingerprint density at radius 1 is 0.305 bits per heavy atom. The number of amidine groups is 4. The van der Waals surface area contributed by atoms with Crippen LogP contribution in [0.1, 0.15) is 216 Å². The predicted octanol–water partition coefficient (Wildman–Crippen LogP) is 15.2. The van der Waals surface area contributed by atoms with Crippen molar-refractivity contribution in [2.75, 3.05) is 0 Å². The van der Waals surface area contributed by atoms with Crippen LogP contribution in [-0.2, 0) is 0 Å². The minimum atomic E-state index is -3.02. The van der Waals surface area contributed by atoms with Crippen molar-refractivity contribution in [1.82, 2.24) is 18.3 Å². The maximum Gasteiger partial charge on any atom is 0.438 e. The first-order chi connectivity index (χ1) is 37.9. The van der Waals surface area contributed by atoms with Gasteiger partial charge in [-0.25, -0.2) is 0 Å². The molecule has 8 rings (SSSR count). The molecule has 0 radical (unpaired) electrons. The second kappa shape index (κ2) is 22.9. The molecule has 0 unspecified atom stereocenters. The molecule has 0 atom stereocenters. The molecule has 0 spiro atoms. The largest absolute Gasteiger partial charge is 0.604 e. The van der Waals surface area contributed by atoms with Gasteiger partial charge in [0, 0.05) is 24.2 Å². The third kappa shape index (κ3) is 10.0. The summed E-state index contributed by atoms with van der Waals surface area (Å²) >= 11 is 0. The lowest BCUT2D eigenvalue weighted by molar-refractivity contribution is -0.565. The Kier molecular flexibility index (Phi) is 18.1. The lowest BCUT2D eigenvalue weighted by Crippen LogP contribution is -2.84. The average molecular weight is 1150 g/mol. The van der Waals surface area contributed by atoms with Gasteiger partial charge in [0.25, 0.3) is 0 Å². The maximum absolute atomic E-state index is 6.26. The zero-order chi connectivity index (χ0) is 61.4. The summed E-state index contributed by atoms with van der Waals surface area (Å²) in [6, 6.07) is 43.9. The molecule has 0 amide bonds. The molecule has 10 nitrogen and oxygen atoms in total. The number of hydrogen-bond acceptors (Lipinski definition) is 4. The molecule has 4 heterocycles. The van der Waals surface area contributed by atoms with Crippen molar-refractivity contribution in [3.8, 4) is 0 Å². The normalized spacial score (nSPS) is 23.8. The predicted molar refractivity (Wildman–Crippen MR) is 360 cm³/mol. The van der Waals surface area contributed by atoms with Crippen LogP contribution in [0.25, 0.3) is 9.96 Å². The Morgan fingerprint density at radius 2 is 0.476 bits per heavy atom. The third-order valence-electron chi connectivity index (χ3n) is 17.8. The summed E-state index contributed by atoms with van der Waals surface area (Å²) in [5.74, 6) is 5.42. The van der Waals surface area contributed by atoms with E-state index in [0.717, 1.165) is 0 Å². The minimum absolute atomic E-state index is 0.0944. The molecule has 82 heavy (non-hydrogen) atoms. The second-order valence-electron chi connectivity index (χ2n) is 30.8. The highest BCUT2D eigenvalue weighted by Gasteiger charge is 2.85. The number of rotatable bonds is 14. The van der Waals surface area contributed by atoms with E-state index in [1.165, 1.54) is 45.6 Å². The van der Waals surface area contributed by atoms with Crippen LogP contribution in [0.3, 0.4) is 0 Å². The van der Waals surface area contributed by atoms with Crippen LogP contribution in [0, 0.1) is 0 Å². The summed E-state index contributed by atoms with van der Waals surface area (Å²) in [7, 11) is -6.03. The van der Waals surface area contributed by atoms with Crippen molar-refractivity contribution in [3.05, 3.63) is 154 Å². The number of nitrogens with zero attached hydrogens (tertiary/aromatic N) is 10. The molecule has 4 aromatic rings.